The maximum Gasteiger partial charge on any atom is 0.295 e. The number of aromatic hydroxyl groups is 4. The van der Waals surface area contributed by atoms with Gasteiger partial charge in [-0.15, -0.1) is 0 Å². The molecular weight excluding hydrogens is 551 g/mol. The van der Waals surface area contributed by atoms with Gasteiger partial charge in [-0.25, -0.2) is 0 Å². The van der Waals surface area contributed by atoms with Gasteiger partial charge in [-0.05, 0) is 76.2 Å². The number of rotatable bonds is 4. The second-order valence-electron chi connectivity index (χ2n) is 8.23. The van der Waals surface area contributed by atoms with Gasteiger partial charge in [0.05, 0.1) is 22.8 Å². The van der Waals surface area contributed by atoms with Gasteiger partial charge in [-0.1, -0.05) is 0 Å². The predicted octanol–water partition coefficient (Wildman–Crippen LogP) is 5.00. The van der Waals surface area contributed by atoms with Gasteiger partial charge in [0, 0.05) is 28.6 Å². The maximum absolute atomic E-state index is 11.8. The average molecular weight is 577 g/mol. The van der Waals surface area contributed by atoms with Crippen LogP contribution >= 0.6 is 0 Å². The van der Waals surface area contributed by atoms with Gasteiger partial charge < -0.3 is 29.3 Å². The number of benzene rings is 2. The van der Waals surface area contributed by atoms with Crippen molar-refractivity contribution in [2.45, 2.75) is 27.7 Å². The van der Waals surface area contributed by atoms with Crippen LogP contribution in [0.25, 0.3) is 0 Å². The largest absolute Gasteiger partial charge is 0.508 e. The van der Waals surface area contributed by atoms with Crippen LogP contribution in [-0.4, -0.2) is 31.8 Å². The predicted molar refractivity (Wildman–Crippen MR) is 143 cm³/mol. The topological polar surface area (TPSA) is 166 Å². The average Bonchev–Trinajstić information content (AvgIpc) is 2.81. The van der Waals surface area contributed by atoms with Crippen molar-refractivity contribution < 1.29 is 45.8 Å². The van der Waals surface area contributed by atoms with Crippen LogP contribution in [-0.2, 0) is 16.5 Å². The molecule has 10 nitrogen and oxygen atoms in total. The zero-order valence-electron chi connectivity index (χ0n) is 21.4. The molecule has 0 atom stereocenters. The van der Waals surface area contributed by atoms with Gasteiger partial charge >= 0.3 is 0 Å². The Bertz CT molecular complexity index is 1500. The van der Waals surface area contributed by atoms with Crippen LogP contribution in [0, 0.1) is 13.8 Å². The molecule has 0 saturated heterocycles. The molecule has 0 amide bonds. The van der Waals surface area contributed by atoms with Crippen LogP contribution in [0.1, 0.15) is 36.5 Å². The second kappa shape index (κ2) is 13.3. The summed E-state index contributed by atoms with van der Waals surface area (Å²) in [5.74, 6) is 0.0611. The molecule has 4 aromatic rings. The molecule has 0 aliphatic carbocycles. The Labute approximate surface area is 233 Å². The quantitative estimate of drug-likeness (QED) is 0.194. The Kier molecular flexibility index (Phi) is 10.4. The van der Waals surface area contributed by atoms with Gasteiger partial charge in [0.25, 0.3) is 11.9 Å². The van der Waals surface area contributed by atoms with Crippen molar-refractivity contribution in [3.63, 3.8) is 0 Å². The Hall–Kier alpha value is -4.63. The molecule has 0 unspecified atom stereocenters. The van der Waals surface area contributed by atoms with Crippen molar-refractivity contribution in [1.82, 2.24) is 0 Å². The van der Waals surface area contributed by atoms with Crippen LogP contribution in [0.2, 0.25) is 0 Å². The number of aryl methyl sites for hydroxylation is 2. The molecule has 206 valence electrons. The first-order valence-corrected chi connectivity index (χ1v) is 11.3. The van der Waals surface area contributed by atoms with Gasteiger partial charge in [0.2, 0.25) is 0 Å². The third-order valence-corrected chi connectivity index (χ3v) is 5.12. The van der Waals surface area contributed by atoms with E-state index < -0.39 is 11.9 Å². The molecule has 11 heteroatoms. The zero-order chi connectivity index (χ0) is 28.0. The molecule has 0 radical (unpaired) electrons. The molecule has 2 aromatic carbocycles. The first-order chi connectivity index (χ1) is 17.9. The van der Waals surface area contributed by atoms with Crippen molar-refractivity contribution in [3.05, 3.63) is 104 Å². The molecular formula is C28H26N2NiO8. The van der Waals surface area contributed by atoms with Crippen molar-refractivity contribution in [3.8, 4) is 23.4 Å². The fraction of sp³-hybridized carbons (Fsp3) is 0.143. The van der Waals surface area contributed by atoms with E-state index in [4.69, 9.17) is 8.83 Å². The summed E-state index contributed by atoms with van der Waals surface area (Å²) in [7, 11) is 0. The van der Waals surface area contributed by atoms with Crippen LogP contribution < -0.4 is 10.9 Å². The van der Waals surface area contributed by atoms with Crippen molar-refractivity contribution in [2.24, 2.45) is 9.98 Å². The standard InChI is InChI=1S/2C14H13NO4.Ni/c2*1-8-7-12(17)13(14(18)19-8)9(2)15-10-3-5-11(16)6-4-10;/h2*3-7,16,18H,1-2H3;. The van der Waals surface area contributed by atoms with E-state index >= 15 is 0 Å². The molecule has 0 saturated carbocycles. The third-order valence-electron chi connectivity index (χ3n) is 5.12. The van der Waals surface area contributed by atoms with E-state index in [0.717, 1.165) is 0 Å². The SMILES string of the molecule is CC(=Nc1ccc(O)cc1)c1c(O)oc(C)cc1=O.CC(=Nc1ccc(O)cc1)c1c(O)oc(C)cc1=O.[Ni]. The molecule has 0 aliphatic rings. The summed E-state index contributed by atoms with van der Waals surface area (Å²) in [6.45, 7) is 6.37. The molecule has 4 N–H and O–H groups in total. The molecule has 4 rings (SSSR count). The molecule has 39 heavy (non-hydrogen) atoms. The van der Waals surface area contributed by atoms with E-state index in [1.54, 1.807) is 52.0 Å². The molecule has 0 spiro atoms. The second-order valence-corrected chi connectivity index (χ2v) is 8.23. The summed E-state index contributed by atoms with van der Waals surface area (Å²) in [6.07, 6.45) is 0. The van der Waals surface area contributed by atoms with Crippen LogP contribution in [0.4, 0.5) is 11.4 Å². The maximum atomic E-state index is 11.8. The van der Waals surface area contributed by atoms with Gasteiger partial charge in [0.1, 0.15) is 34.1 Å². The number of hydrogen-bond acceptors (Lipinski definition) is 10. The summed E-state index contributed by atoms with van der Waals surface area (Å²) in [5.41, 5.74) is 1.21. The number of aliphatic imine (C=N–C) groups is 2. The van der Waals surface area contributed by atoms with E-state index in [1.165, 1.54) is 36.4 Å². The zero-order valence-corrected chi connectivity index (χ0v) is 22.4. The Balaban J connectivity index is 0.000000267. The Morgan fingerprint density at radius 3 is 1.21 bits per heavy atom. The minimum atomic E-state index is -0.440. The first-order valence-electron chi connectivity index (χ1n) is 11.3. The summed E-state index contributed by atoms with van der Waals surface area (Å²) >= 11 is 0. The Morgan fingerprint density at radius 1 is 0.615 bits per heavy atom. The summed E-state index contributed by atoms with van der Waals surface area (Å²) in [6, 6.07) is 15.0. The molecule has 0 fully saturated rings. The smallest absolute Gasteiger partial charge is 0.295 e. The van der Waals surface area contributed by atoms with Crippen LogP contribution in [0.5, 0.6) is 23.4 Å². The monoisotopic (exact) mass is 576 g/mol. The number of hydrogen-bond donors (Lipinski definition) is 4. The summed E-state index contributed by atoms with van der Waals surface area (Å²) < 4.78 is 10.0. The minimum absolute atomic E-state index is 0. The minimum Gasteiger partial charge on any atom is -0.508 e. The molecule has 2 aromatic heterocycles. The van der Waals surface area contributed by atoms with Gasteiger partial charge in [-0.3, -0.25) is 19.6 Å². The van der Waals surface area contributed by atoms with Gasteiger partial charge in [-0.2, -0.15) is 0 Å². The summed E-state index contributed by atoms with van der Waals surface area (Å²) in [4.78, 5) is 32.0. The fourth-order valence-corrected chi connectivity index (χ4v) is 3.41. The summed E-state index contributed by atoms with van der Waals surface area (Å²) in [5, 5.41) is 37.7. The van der Waals surface area contributed by atoms with Crippen LogP contribution in [0.3, 0.4) is 0 Å². The molecule has 0 aliphatic heterocycles. The third kappa shape index (κ3) is 8.18. The van der Waals surface area contributed by atoms with Crippen molar-refractivity contribution in [2.75, 3.05) is 0 Å². The molecule has 0 bridgehead atoms. The van der Waals surface area contributed by atoms with E-state index in [-0.39, 0.29) is 50.0 Å². The van der Waals surface area contributed by atoms with Crippen LogP contribution in [0.15, 0.2) is 89.1 Å². The fourth-order valence-electron chi connectivity index (χ4n) is 3.41. The number of phenols is 2. The van der Waals surface area contributed by atoms with Crippen molar-refractivity contribution >= 4 is 22.8 Å². The number of nitrogens with zero attached hydrogens (tertiary/aromatic N) is 2. The van der Waals surface area contributed by atoms with Gasteiger partial charge in [0.15, 0.2) is 10.9 Å². The molecule has 2 heterocycles. The van der Waals surface area contributed by atoms with E-state index in [2.05, 4.69) is 9.98 Å². The first kappa shape index (κ1) is 30.6. The van der Waals surface area contributed by atoms with E-state index in [0.29, 0.717) is 34.3 Å². The number of phenolic OH excluding ortho intramolecular Hbond substituents is 2. The van der Waals surface area contributed by atoms with Crippen molar-refractivity contribution in [1.29, 1.82) is 0 Å². The Morgan fingerprint density at radius 2 is 0.923 bits per heavy atom. The van der Waals surface area contributed by atoms with E-state index in [1.807, 2.05) is 0 Å². The van der Waals surface area contributed by atoms with E-state index in [9.17, 15) is 30.0 Å². The normalized spacial score (nSPS) is 11.3.